The molecule has 0 radical (unpaired) electrons. The summed E-state index contributed by atoms with van der Waals surface area (Å²) in [6, 6.07) is 8.01. The molecule has 3 N–H and O–H groups in total. The van der Waals surface area contributed by atoms with Crippen molar-refractivity contribution in [1.29, 1.82) is 5.26 Å². The van der Waals surface area contributed by atoms with Crippen molar-refractivity contribution in [2.45, 2.75) is 0 Å². The zero-order valence-corrected chi connectivity index (χ0v) is 10.2. The number of rotatable bonds is 2. The number of nitrogens with zero attached hydrogens (tertiary/aromatic N) is 2. The maximum atomic E-state index is 14.0. The summed E-state index contributed by atoms with van der Waals surface area (Å²) in [4.78, 5) is 3.93. The van der Waals surface area contributed by atoms with E-state index in [1.54, 1.807) is 24.4 Å². The maximum Gasteiger partial charge on any atom is 0.215 e. The summed E-state index contributed by atoms with van der Waals surface area (Å²) >= 11 is 0. The Bertz CT molecular complexity index is 835. The van der Waals surface area contributed by atoms with E-state index < -0.39 is 5.82 Å². The van der Waals surface area contributed by atoms with Crippen molar-refractivity contribution in [2.24, 2.45) is 0 Å². The highest BCUT2D eigenvalue weighted by molar-refractivity contribution is 5.97. The molecule has 0 fully saturated rings. The Labute approximate surface area is 113 Å². The Morgan fingerprint density at radius 2 is 2.20 bits per heavy atom. The molecule has 3 aromatic rings. The molecule has 0 spiro atoms. The minimum Gasteiger partial charge on any atom is -0.437 e. The fourth-order valence-electron chi connectivity index (χ4n) is 1.95. The van der Waals surface area contributed by atoms with E-state index >= 15 is 0 Å². The average Bonchev–Trinajstić information content (AvgIpc) is 2.77. The second-order valence-electron chi connectivity index (χ2n) is 4.12. The minimum atomic E-state index is -0.627. The van der Waals surface area contributed by atoms with Gasteiger partial charge in [-0.15, -0.1) is 0 Å². The van der Waals surface area contributed by atoms with Gasteiger partial charge in [0.15, 0.2) is 11.4 Å². The van der Waals surface area contributed by atoms with Gasteiger partial charge in [-0.25, -0.2) is 4.39 Å². The van der Waals surface area contributed by atoms with Crippen LogP contribution in [0, 0.1) is 17.1 Å². The Balaban J connectivity index is 2.11. The SMILES string of the molecule is N#Cc1cccc(Nc2c(N)oc3cnccc23)c1F. The lowest BCUT2D eigenvalue weighted by atomic mass is 10.2. The summed E-state index contributed by atoms with van der Waals surface area (Å²) in [7, 11) is 0. The summed E-state index contributed by atoms with van der Waals surface area (Å²) in [5.41, 5.74) is 6.86. The third kappa shape index (κ3) is 1.82. The highest BCUT2D eigenvalue weighted by Crippen LogP contribution is 2.35. The van der Waals surface area contributed by atoms with E-state index in [1.165, 1.54) is 18.3 Å². The van der Waals surface area contributed by atoms with E-state index in [4.69, 9.17) is 15.4 Å². The molecule has 6 heteroatoms. The van der Waals surface area contributed by atoms with E-state index in [9.17, 15) is 4.39 Å². The highest BCUT2D eigenvalue weighted by atomic mass is 19.1. The van der Waals surface area contributed by atoms with Crippen LogP contribution in [0.3, 0.4) is 0 Å². The molecular formula is C14H9FN4O. The van der Waals surface area contributed by atoms with Crippen molar-refractivity contribution in [2.75, 3.05) is 11.1 Å². The Morgan fingerprint density at radius 1 is 1.35 bits per heavy atom. The molecule has 20 heavy (non-hydrogen) atoms. The molecule has 0 amide bonds. The van der Waals surface area contributed by atoms with Crippen LogP contribution < -0.4 is 11.1 Å². The van der Waals surface area contributed by atoms with Gasteiger partial charge in [0.1, 0.15) is 11.8 Å². The summed E-state index contributed by atoms with van der Waals surface area (Å²) in [6.45, 7) is 0. The van der Waals surface area contributed by atoms with Crippen LogP contribution in [-0.2, 0) is 0 Å². The summed E-state index contributed by atoms with van der Waals surface area (Å²) in [6.07, 6.45) is 3.11. The van der Waals surface area contributed by atoms with Gasteiger partial charge in [0, 0.05) is 11.6 Å². The normalized spacial score (nSPS) is 10.4. The standard InChI is InChI=1S/C14H9FN4O/c15-12-8(6-16)2-1-3-10(12)19-13-9-4-5-18-7-11(9)20-14(13)17/h1-5,7,19H,17H2. The molecular weight excluding hydrogens is 259 g/mol. The van der Waals surface area contributed by atoms with Gasteiger partial charge in [-0.05, 0) is 18.2 Å². The predicted molar refractivity (Wildman–Crippen MR) is 72.8 cm³/mol. The molecule has 0 atom stereocenters. The summed E-state index contributed by atoms with van der Waals surface area (Å²) < 4.78 is 19.4. The van der Waals surface area contributed by atoms with Crippen molar-refractivity contribution in [1.82, 2.24) is 4.98 Å². The second kappa shape index (κ2) is 4.55. The van der Waals surface area contributed by atoms with Crippen LogP contribution in [-0.4, -0.2) is 4.98 Å². The molecule has 98 valence electrons. The number of benzene rings is 1. The van der Waals surface area contributed by atoms with E-state index in [1.807, 2.05) is 0 Å². The molecule has 0 saturated heterocycles. The molecule has 1 aromatic carbocycles. The number of fused-ring (bicyclic) bond motifs is 1. The highest BCUT2D eigenvalue weighted by Gasteiger charge is 2.14. The number of nitrogen functional groups attached to an aromatic ring is 1. The van der Waals surface area contributed by atoms with Crippen LogP contribution in [0.2, 0.25) is 0 Å². The first-order valence-corrected chi connectivity index (χ1v) is 5.78. The third-order valence-corrected chi connectivity index (χ3v) is 2.90. The molecule has 2 aromatic heterocycles. The molecule has 0 saturated carbocycles. The van der Waals surface area contributed by atoms with Crippen molar-refractivity contribution >= 4 is 28.2 Å². The fourth-order valence-corrected chi connectivity index (χ4v) is 1.95. The van der Waals surface area contributed by atoms with Gasteiger partial charge < -0.3 is 15.5 Å². The van der Waals surface area contributed by atoms with Crippen LogP contribution in [0.5, 0.6) is 0 Å². The van der Waals surface area contributed by atoms with Gasteiger partial charge in [0.05, 0.1) is 17.4 Å². The van der Waals surface area contributed by atoms with Gasteiger partial charge in [-0.1, -0.05) is 6.07 Å². The number of halogens is 1. The van der Waals surface area contributed by atoms with Crippen molar-refractivity contribution in [3.63, 3.8) is 0 Å². The van der Waals surface area contributed by atoms with Gasteiger partial charge in [-0.2, -0.15) is 5.26 Å². The van der Waals surface area contributed by atoms with Crippen molar-refractivity contribution < 1.29 is 8.81 Å². The minimum absolute atomic E-state index is 0.0389. The largest absolute Gasteiger partial charge is 0.437 e. The zero-order valence-electron chi connectivity index (χ0n) is 10.2. The number of furan rings is 1. The number of anilines is 3. The van der Waals surface area contributed by atoms with Gasteiger partial charge in [0.2, 0.25) is 5.88 Å². The Hall–Kier alpha value is -3.07. The zero-order chi connectivity index (χ0) is 14.1. The van der Waals surface area contributed by atoms with Crippen molar-refractivity contribution in [3.05, 3.63) is 48.0 Å². The molecule has 0 aliphatic rings. The van der Waals surface area contributed by atoms with Crippen LogP contribution >= 0.6 is 0 Å². The first-order valence-electron chi connectivity index (χ1n) is 5.78. The van der Waals surface area contributed by atoms with Gasteiger partial charge >= 0.3 is 0 Å². The number of hydrogen-bond acceptors (Lipinski definition) is 5. The molecule has 0 unspecified atom stereocenters. The number of pyridine rings is 1. The smallest absolute Gasteiger partial charge is 0.215 e. The third-order valence-electron chi connectivity index (χ3n) is 2.90. The molecule has 2 heterocycles. The van der Waals surface area contributed by atoms with E-state index in [0.29, 0.717) is 16.7 Å². The summed E-state index contributed by atoms with van der Waals surface area (Å²) in [5, 5.41) is 12.4. The molecule has 0 aliphatic heterocycles. The van der Waals surface area contributed by atoms with Crippen LogP contribution in [0.1, 0.15) is 5.56 Å². The molecule has 0 aliphatic carbocycles. The summed E-state index contributed by atoms with van der Waals surface area (Å²) in [5.74, 6) is -0.493. The number of aromatic nitrogens is 1. The lowest BCUT2D eigenvalue weighted by Crippen LogP contribution is -1.97. The lowest BCUT2D eigenvalue weighted by Gasteiger charge is -2.07. The number of nitrogens with one attached hydrogen (secondary N) is 1. The Kier molecular flexibility index (Phi) is 2.73. The molecule has 3 rings (SSSR count). The quantitative estimate of drug-likeness (QED) is 0.745. The second-order valence-corrected chi connectivity index (χ2v) is 4.12. The number of nitrogens with two attached hydrogens (primary N) is 1. The fraction of sp³-hybridized carbons (Fsp3) is 0. The van der Waals surface area contributed by atoms with Crippen LogP contribution in [0.25, 0.3) is 11.0 Å². The maximum absolute atomic E-state index is 14.0. The predicted octanol–water partition coefficient (Wildman–Crippen LogP) is 3.16. The average molecular weight is 268 g/mol. The number of nitriles is 1. The molecule has 5 nitrogen and oxygen atoms in total. The monoisotopic (exact) mass is 268 g/mol. The van der Waals surface area contributed by atoms with Gasteiger partial charge in [-0.3, -0.25) is 4.98 Å². The first-order chi connectivity index (χ1) is 9.70. The van der Waals surface area contributed by atoms with E-state index in [-0.39, 0.29) is 17.1 Å². The Morgan fingerprint density at radius 3 is 3.00 bits per heavy atom. The topological polar surface area (TPSA) is 87.9 Å². The van der Waals surface area contributed by atoms with Crippen LogP contribution in [0.4, 0.5) is 21.6 Å². The lowest BCUT2D eigenvalue weighted by molar-refractivity contribution is 0.627. The van der Waals surface area contributed by atoms with Gasteiger partial charge in [0.25, 0.3) is 0 Å². The van der Waals surface area contributed by atoms with E-state index in [0.717, 1.165) is 0 Å². The number of hydrogen-bond donors (Lipinski definition) is 2. The van der Waals surface area contributed by atoms with Crippen LogP contribution in [0.15, 0.2) is 41.1 Å². The van der Waals surface area contributed by atoms with Crippen molar-refractivity contribution in [3.8, 4) is 6.07 Å². The van der Waals surface area contributed by atoms with E-state index in [2.05, 4.69) is 10.3 Å². The first kappa shape index (κ1) is 12.0. The molecule has 0 bridgehead atoms.